The van der Waals surface area contributed by atoms with Crippen LogP contribution < -0.4 is 9.47 Å². The number of aliphatic carboxylic acids is 1. The smallest absolute Gasteiger partial charge is 0.310 e. The van der Waals surface area contributed by atoms with Crippen LogP contribution in [0.5, 0.6) is 11.5 Å². The number of benzene rings is 1. The number of thiazole rings is 1. The van der Waals surface area contributed by atoms with Gasteiger partial charge in [-0.2, -0.15) is 0 Å². The highest BCUT2D eigenvalue weighted by Gasteiger charge is 2.11. The van der Waals surface area contributed by atoms with E-state index in [1.807, 2.05) is 37.4 Å². The van der Waals surface area contributed by atoms with Crippen LogP contribution in [0.25, 0.3) is 11.3 Å². The summed E-state index contributed by atoms with van der Waals surface area (Å²) in [7, 11) is 0. The number of carboxylic acids is 1. The topological polar surface area (TPSA) is 68.7 Å². The molecule has 0 saturated heterocycles. The quantitative estimate of drug-likeness (QED) is 0.850. The molecule has 1 aromatic carbocycles. The minimum atomic E-state index is -0.877. The van der Waals surface area contributed by atoms with E-state index in [0.29, 0.717) is 29.7 Å². The van der Waals surface area contributed by atoms with Crippen LogP contribution in [0.1, 0.15) is 18.9 Å². The molecule has 0 unspecified atom stereocenters. The highest BCUT2D eigenvalue weighted by molar-refractivity contribution is 7.10. The second-order valence-corrected chi connectivity index (χ2v) is 5.17. The molecule has 2 aromatic rings. The van der Waals surface area contributed by atoms with Gasteiger partial charge in [0.25, 0.3) is 0 Å². The number of ether oxygens (including phenoxy) is 2. The van der Waals surface area contributed by atoms with Crippen molar-refractivity contribution in [2.24, 2.45) is 0 Å². The molecule has 0 aliphatic heterocycles. The van der Waals surface area contributed by atoms with Gasteiger partial charge < -0.3 is 14.6 Å². The molecule has 1 N–H and O–H groups in total. The lowest BCUT2D eigenvalue weighted by atomic mass is 10.1. The molecule has 112 valence electrons. The van der Waals surface area contributed by atoms with Crippen molar-refractivity contribution >= 4 is 17.3 Å². The molecular formula is C15H17NO4S. The predicted molar refractivity (Wildman–Crippen MR) is 81.2 cm³/mol. The second kappa shape index (κ2) is 7.08. The summed E-state index contributed by atoms with van der Waals surface area (Å²) in [5, 5.41) is 11.2. The first-order valence-corrected chi connectivity index (χ1v) is 7.58. The third-order valence-corrected chi connectivity index (χ3v) is 3.54. The molecule has 1 aromatic heterocycles. The zero-order valence-electron chi connectivity index (χ0n) is 12.0. The Morgan fingerprint density at radius 2 is 1.95 bits per heavy atom. The Hall–Kier alpha value is -2.08. The molecule has 0 atom stereocenters. The lowest BCUT2D eigenvalue weighted by molar-refractivity contribution is -0.136. The maximum absolute atomic E-state index is 10.7. The number of hydrogen-bond donors (Lipinski definition) is 1. The molecule has 0 bridgehead atoms. The predicted octanol–water partition coefficient (Wildman–Crippen LogP) is 3.23. The van der Waals surface area contributed by atoms with Gasteiger partial charge in [-0.1, -0.05) is 0 Å². The molecule has 0 spiro atoms. The molecule has 21 heavy (non-hydrogen) atoms. The Morgan fingerprint density at radius 1 is 1.24 bits per heavy atom. The Kier molecular flexibility index (Phi) is 5.16. The molecule has 0 radical (unpaired) electrons. The SMILES string of the molecule is CCOc1ccc(-c2csc(CC(=O)O)n2)cc1OCC. The summed E-state index contributed by atoms with van der Waals surface area (Å²) in [4.78, 5) is 15.0. The van der Waals surface area contributed by atoms with Crippen LogP contribution in [0, 0.1) is 0 Å². The highest BCUT2D eigenvalue weighted by Crippen LogP contribution is 2.33. The molecule has 0 amide bonds. The third kappa shape index (κ3) is 3.95. The van der Waals surface area contributed by atoms with Crippen LogP contribution in [-0.2, 0) is 11.2 Å². The molecule has 0 aliphatic carbocycles. The van der Waals surface area contributed by atoms with E-state index >= 15 is 0 Å². The van der Waals surface area contributed by atoms with Crippen molar-refractivity contribution in [1.29, 1.82) is 0 Å². The first-order valence-electron chi connectivity index (χ1n) is 6.70. The van der Waals surface area contributed by atoms with Gasteiger partial charge >= 0.3 is 5.97 Å². The lowest BCUT2D eigenvalue weighted by Gasteiger charge is -2.11. The summed E-state index contributed by atoms with van der Waals surface area (Å²) in [5.74, 6) is 0.492. The van der Waals surface area contributed by atoms with Gasteiger partial charge in [0.1, 0.15) is 5.01 Å². The zero-order chi connectivity index (χ0) is 15.2. The van der Waals surface area contributed by atoms with Gasteiger partial charge in [-0.15, -0.1) is 11.3 Å². The molecule has 0 fully saturated rings. The first kappa shape index (κ1) is 15.3. The van der Waals surface area contributed by atoms with Crippen LogP contribution in [0.2, 0.25) is 0 Å². The first-order chi connectivity index (χ1) is 10.1. The minimum Gasteiger partial charge on any atom is -0.490 e. The van der Waals surface area contributed by atoms with Crippen LogP contribution >= 0.6 is 11.3 Å². The number of rotatable bonds is 7. The van der Waals surface area contributed by atoms with E-state index in [1.54, 1.807) is 0 Å². The number of aromatic nitrogens is 1. The maximum atomic E-state index is 10.7. The van der Waals surface area contributed by atoms with Crippen LogP contribution in [-0.4, -0.2) is 29.3 Å². The molecule has 2 rings (SSSR count). The fourth-order valence-electron chi connectivity index (χ4n) is 1.86. The van der Waals surface area contributed by atoms with E-state index in [2.05, 4.69) is 4.98 Å². The largest absolute Gasteiger partial charge is 0.490 e. The van der Waals surface area contributed by atoms with Gasteiger partial charge in [0.15, 0.2) is 11.5 Å². The van der Waals surface area contributed by atoms with Crippen molar-refractivity contribution in [2.75, 3.05) is 13.2 Å². The number of carbonyl (C=O) groups is 1. The normalized spacial score (nSPS) is 10.4. The molecule has 5 nitrogen and oxygen atoms in total. The van der Waals surface area contributed by atoms with E-state index in [4.69, 9.17) is 14.6 Å². The van der Waals surface area contributed by atoms with Gasteiger partial charge in [0.2, 0.25) is 0 Å². The van der Waals surface area contributed by atoms with Gasteiger partial charge in [-0.3, -0.25) is 4.79 Å². The summed E-state index contributed by atoms with van der Waals surface area (Å²) < 4.78 is 11.1. The summed E-state index contributed by atoms with van der Waals surface area (Å²) in [6.07, 6.45) is -0.0555. The minimum absolute atomic E-state index is 0.0555. The van der Waals surface area contributed by atoms with Crippen molar-refractivity contribution in [1.82, 2.24) is 4.98 Å². The number of hydrogen-bond acceptors (Lipinski definition) is 5. The van der Waals surface area contributed by atoms with E-state index in [1.165, 1.54) is 11.3 Å². The molecular weight excluding hydrogens is 290 g/mol. The Bertz CT molecular complexity index is 624. The molecule has 0 saturated carbocycles. The van der Waals surface area contributed by atoms with Crippen molar-refractivity contribution in [3.05, 3.63) is 28.6 Å². The highest BCUT2D eigenvalue weighted by atomic mass is 32.1. The summed E-state index contributed by atoms with van der Waals surface area (Å²) >= 11 is 1.34. The Balaban J connectivity index is 2.28. The van der Waals surface area contributed by atoms with Gasteiger partial charge in [-0.05, 0) is 32.0 Å². The van der Waals surface area contributed by atoms with Crippen LogP contribution in [0.15, 0.2) is 23.6 Å². The van der Waals surface area contributed by atoms with E-state index in [9.17, 15) is 4.79 Å². The molecule has 6 heteroatoms. The third-order valence-electron chi connectivity index (χ3n) is 2.69. The Labute approximate surface area is 127 Å². The summed E-state index contributed by atoms with van der Waals surface area (Å²) in [5.41, 5.74) is 1.63. The van der Waals surface area contributed by atoms with Crippen molar-refractivity contribution in [3.8, 4) is 22.8 Å². The zero-order valence-corrected chi connectivity index (χ0v) is 12.8. The molecule has 0 aliphatic rings. The number of nitrogens with zero attached hydrogens (tertiary/aromatic N) is 1. The monoisotopic (exact) mass is 307 g/mol. The van der Waals surface area contributed by atoms with Crippen LogP contribution in [0.3, 0.4) is 0 Å². The second-order valence-electron chi connectivity index (χ2n) is 4.22. The van der Waals surface area contributed by atoms with Crippen molar-refractivity contribution in [3.63, 3.8) is 0 Å². The standard InChI is InChI=1S/C15H17NO4S/c1-3-19-12-6-5-10(7-13(12)20-4-2)11-9-21-14(16-11)8-15(17)18/h5-7,9H,3-4,8H2,1-2H3,(H,17,18). The molecule has 1 heterocycles. The average Bonchev–Trinajstić information content (AvgIpc) is 2.89. The fourth-order valence-corrected chi connectivity index (χ4v) is 2.66. The summed E-state index contributed by atoms with van der Waals surface area (Å²) in [6.45, 7) is 4.95. The van der Waals surface area contributed by atoms with E-state index in [0.717, 1.165) is 11.3 Å². The number of carboxylic acid groups (broad SMARTS) is 1. The maximum Gasteiger partial charge on any atom is 0.310 e. The fraction of sp³-hybridized carbons (Fsp3) is 0.333. The lowest BCUT2D eigenvalue weighted by Crippen LogP contribution is -1.99. The van der Waals surface area contributed by atoms with Crippen LogP contribution in [0.4, 0.5) is 0 Å². The van der Waals surface area contributed by atoms with Gasteiger partial charge in [-0.25, -0.2) is 4.98 Å². The van der Waals surface area contributed by atoms with Crippen molar-refractivity contribution < 1.29 is 19.4 Å². The van der Waals surface area contributed by atoms with Gasteiger partial charge in [0.05, 0.1) is 25.3 Å². The average molecular weight is 307 g/mol. The van der Waals surface area contributed by atoms with E-state index < -0.39 is 5.97 Å². The van der Waals surface area contributed by atoms with Crippen molar-refractivity contribution in [2.45, 2.75) is 20.3 Å². The Morgan fingerprint density at radius 3 is 2.62 bits per heavy atom. The van der Waals surface area contributed by atoms with Gasteiger partial charge in [0, 0.05) is 10.9 Å². The summed E-state index contributed by atoms with van der Waals surface area (Å²) in [6, 6.07) is 5.61. The van der Waals surface area contributed by atoms with E-state index in [-0.39, 0.29) is 6.42 Å².